The number of ether oxygens (including phenoxy) is 1. The lowest BCUT2D eigenvalue weighted by Crippen LogP contribution is -2.38. The van der Waals surface area contributed by atoms with Gasteiger partial charge in [0.1, 0.15) is 4.83 Å². The first-order valence-electron chi connectivity index (χ1n) is 11.2. The van der Waals surface area contributed by atoms with Crippen molar-refractivity contribution in [2.45, 2.75) is 6.18 Å². The van der Waals surface area contributed by atoms with Gasteiger partial charge in [-0.3, -0.25) is 14.7 Å². The second-order valence-corrected chi connectivity index (χ2v) is 10.2. The van der Waals surface area contributed by atoms with Crippen molar-refractivity contribution < 1.29 is 22.7 Å². The molecule has 36 heavy (non-hydrogen) atoms. The molecule has 0 spiro atoms. The lowest BCUT2D eigenvalue weighted by molar-refractivity contribution is -0.137. The van der Waals surface area contributed by atoms with Crippen LogP contribution in [0.25, 0.3) is 20.8 Å². The maximum atomic E-state index is 12.7. The minimum atomic E-state index is -4.42. The van der Waals surface area contributed by atoms with E-state index in [1.807, 2.05) is 6.07 Å². The maximum absolute atomic E-state index is 12.7. The zero-order valence-corrected chi connectivity index (χ0v) is 20.6. The summed E-state index contributed by atoms with van der Waals surface area (Å²) in [6, 6.07) is 10.9. The normalized spacial score (nSPS) is 14.8. The van der Waals surface area contributed by atoms with Gasteiger partial charge in [0.25, 0.3) is 5.91 Å². The number of morpholine rings is 1. The molecular weight excluding hydrogens is 511 g/mol. The third-order valence-corrected chi connectivity index (χ3v) is 7.77. The average molecular weight is 534 g/mol. The Morgan fingerprint density at radius 2 is 1.86 bits per heavy atom. The Bertz CT molecular complexity index is 1300. The molecule has 1 amide bonds. The van der Waals surface area contributed by atoms with Gasteiger partial charge in [0.05, 0.1) is 34.0 Å². The first-order chi connectivity index (χ1) is 17.3. The average Bonchev–Trinajstić information content (AvgIpc) is 3.44. The van der Waals surface area contributed by atoms with Gasteiger partial charge in [0, 0.05) is 43.6 Å². The number of nitrogens with zero attached hydrogens (tertiary/aromatic N) is 3. The minimum Gasteiger partial charge on any atom is -0.379 e. The zero-order chi connectivity index (χ0) is 25.1. The Hall–Kier alpha value is -3.06. The smallest absolute Gasteiger partial charge is 0.379 e. The number of aromatic nitrogens is 2. The minimum absolute atomic E-state index is 0.243. The van der Waals surface area contributed by atoms with Crippen molar-refractivity contribution in [1.82, 2.24) is 14.9 Å². The fourth-order valence-electron chi connectivity index (χ4n) is 3.72. The lowest BCUT2D eigenvalue weighted by atomic mass is 10.1. The molecule has 2 N–H and O–H groups in total. The van der Waals surface area contributed by atoms with Crippen LogP contribution in [0.4, 0.5) is 24.0 Å². The highest BCUT2D eigenvalue weighted by molar-refractivity contribution is 7.29. The summed E-state index contributed by atoms with van der Waals surface area (Å²) in [5.41, 5.74) is 0.846. The van der Waals surface area contributed by atoms with Gasteiger partial charge in [-0.2, -0.15) is 13.2 Å². The van der Waals surface area contributed by atoms with E-state index in [9.17, 15) is 18.0 Å². The molecule has 188 valence electrons. The first kappa shape index (κ1) is 24.6. The number of rotatable bonds is 7. The van der Waals surface area contributed by atoms with E-state index in [1.54, 1.807) is 24.3 Å². The zero-order valence-electron chi connectivity index (χ0n) is 19.0. The van der Waals surface area contributed by atoms with Crippen LogP contribution in [0.5, 0.6) is 0 Å². The van der Waals surface area contributed by atoms with Crippen LogP contribution in [0.2, 0.25) is 0 Å². The number of alkyl halides is 3. The van der Waals surface area contributed by atoms with Crippen LogP contribution < -0.4 is 10.6 Å². The number of halogens is 3. The van der Waals surface area contributed by atoms with Crippen molar-refractivity contribution >= 4 is 48.9 Å². The number of hydrogen-bond acceptors (Lipinski definition) is 8. The molecule has 0 saturated carbocycles. The Morgan fingerprint density at radius 3 is 2.53 bits per heavy atom. The molecule has 5 rings (SSSR count). The van der Waals surface area contributed by atoms with E-state index < -0.39 is 11.7 Å². The summed E-state index contributed by atoms with van der Waals surface area (Å²) in [6.07, 6.45) is -3.61. The van der Waals surface area contributed by atoms with Crippen LogP contribution in [0, 0.1) is 0 Å². The Kier molecular flexibility index (Phi) is 7.19. The predicted molar refractivity (Wildman–Crippen MR) is 136 cm³/mol. The largest absolute Gasteiger partial charge is 0.417 e. The fourth-order valence-corrected chi connectivity index (χ4v) is 5.75. The Labute approximate surface area is 212 Å². The van der Waals surface area contributed by atoms with Gasteiger partial charge < -0.3 is 15.4 Å². The Morgan fingerprint density at radius 1 is 1.08 bits per heavy atom. The van der Waals surface area contributed by atoms with Crippen molar-refractivity contribution in [3.63, 3.8) is 0 Å². The van der Waals surface area contributed by atoms with Crippen LogP contribution in [0.15, 0.2) is 48.7 Å². The second kappa shape index (κ2) is 10.5. The van der Waals surface area contributed by atoms with Gasteiger partial charge in [-0.25, -0.2) is 4.98 Å². The van der Waals surface area contributed by atoms with E-state index >= 15 is 0 Å². The number of benzene rings is 1. The topological polar surface area (TPSA) is 79.4 Å². The highest BCUT2D eigenvalue weighted by atomic mass is 32.1. The molecule has 0 bridgehead atoms. The standard InChI is InChI=1S/C24H22F3N5O2S2/c25-24(26,27)16-3-6-18(29-14-16)15-1-4-17(5-2-15)30-21(33)19-13-20-22(35-19)31-23(36-20)28-7-8-32-9-11-34-12-10-32/h1-6,13-14H,7-12H2,(H,28,31)(H,30,33). The molecule has 0 aliphatic carbocycles. The molecule has 1 aromatic carbocycles. The number of thiophene rings is 1. The number of amides is 1. The van der Waals surface area contributed by atoms with Crippen LogP contribution in [0.3, 0.4) is 0 Å². The number of thiazole rings is 1. The van der Waals surface area contributed by atoms with Gasteiger partial charge in [-0.15, -0.1) is 11.3 Å². The predicted octanol–water partition coefficient (Wildman–Crippen LogP) is 5.44. The third-order valence-electron chi connectivity index (χ3n) is 5.65. The van der Waals surface area contributed by atoms with Crippen molar-refractivity contribution in [3.8, 4) is 11.3 Å². The van der Waals surface area contributed by atoms with Crippen molar-refractivity contribution in [1.29, 1.82) is 0 Å². The van der Waals surface area contributed by atoms with Gasteiger partial charge in [0.2, 0.25) is 0 Å². The molecule has 7 nitrogen and oxygen atoms in total. The van der Waals surface area contributed by atoms with E-state index in [0.29, 0.717) is 21.8 Å². The molecule has 1 saturated heterocycles. The molecule has 12 heteroatoms. The fraction of sp³-hybridized carbons (Fsp3) is 0.292. The van der Waals surface area contributed by atoms with E-state index in [4.69, 9.17) is 4.74 Å². The second-order valence-electron chi connectivity index (χ2n) is 8.14. The van der Waals surface area contributed by atoms with E-state index in [1.165, 1.54) is 28.7 Å². The van der Waals surface area contributed by atoms with Crippen LogP contribution in [-0.4, -0.2) is 60.2 Å². The summed E-state index contributed by atoms with van der Waals surface area (Å²) in [5.74, 6) is -0.243. The summed E-state index contributed by atoms with van der Waals surface area (Å²) in [5, 5.41) is 7.04. The number of hydrogen-bond donors (Lipinski definition) is 2. The molecule has 1 aliphatic heterocycles. The summed E-state index contributed by atoms with van der Waals surface area (Å²) < 4.78 is 44.5. The van der Waals surface area contributed by atoms with E-state index in [2.05, 4.69) is 25.5 Å². The quantitative estimate of drug-likeness (QED) is 0.330. The molecule has 0 unspecified atom stereocenters. The number of carbonyl (C=O) groups excluding carboxylic acids is 1. The number of nitrogens with one attached hydrogen (secondary N) is 2. The molecule has 3 aromatic heterocycles. The van der Waals surface area contributed by atoms with Crippen molar-refractivity contribution in [3.05, 3.63) is 59.1 Å². The number of carbonyl (C=O) groups is 1. The third kappa shape index (κ3) is 5.84. The molecule has 0 atom stereocenters. The summed E-state index contributed by atoms with van der Waals surface area (Å²) in [6.45, 7) is 5.17. The molecule has 0 radical (unpaired) electrons. The maximum Gasteiger partial charge on any atom is 0.417 e. The molecule has 4 heterocycles. The van der Waals surface area contributed by atoms with Crippen LogP contribution in [-0.2, 0) is 10.9 Å². The van der Waals surface area contributed by atoms with Gasteiger partial charge in [0.15, 0.2) is 5.13 Å². The highest BCUT2D eigenvalue weighted by Gasteiger charge is 2.30. The molecule has 4 aromatic rings. The summed E-state index contributed by atoms with van der Waals surface area (Å²) in [4.78, 5) is 24.9. The lowest BCUT2D eigenvalue weighted by Gasteiger charge is -2.26. The van der Waals surface area contributed by atoms with Crippen LogP contribution in [0.1, 0.15) is 15.2 Å². The van der Waals surface area contributed by atoms with Crippen LogP contribution >= 0.6 is 22.7 Å². The van der Waals surface area contributed by atoms with Crippen molar-refractivity contribution in [2.75, 3.05) is 50.0 Å². The van der Waals surface area contributed by atoms with Gasteiger partial charge in [-0.05, 0) is 30.3 Å². The highest BCUT2D eigenvalue weighted by Crippen LogP contribution is 2.33. The SMILES string of the molecule is O=C(Nc1ccc(-c2ccc(C(F)(F)F)cn2)cc1)c1cc2sc(NCCN3CCOCC3)nc2s1. The van der Waals surface area contributed by atoms with Gasteiger partial charge in [-0.1, -0.05) is 23.5 Å². The van der Waals surface area contributed by atoms with Gasteiger partial charge >= 0.3 is 6.18 Å². The number of anilines is 2. The Balaban J connectivity index is 1.17. The monoisotopic (exact) mass is 533 g/mol. The molecule has 1 fully saturated rings. The summed E-state index contributed by atoms with van der Waals surface area (Å²) in [7, 11) is 0. The number of fused-ring (bicyclic) bond motifs is 1. The molecule has 1 aliphatic rings. The molecular formula is C24H22F3N5O2S2. The summed E-state index contributed by atoms with van der Waals surface area (Å²) >= 11 is 2.85. The number of pyridine rings is 1. The van der Waals surface area contributed by atoms with E-state index in [-0.39, 0.29) is 5.91 Å². The van der Waals surface area contributed by atoms with Crippen molar-refractivity contribution in [2.24, 2.45) is 0 Å². The van der Waals surface area contributed by atoms with E-state index in [0.717, 1.165) is 66.3 Å². The first-order valence-corrected chi connectivity index (χ1v) is 12.9.